The normalized spacial score (nSPS) is 10.4. The molecule has 0 spiro atoms. The molecule has 2 aromatic heterocycles. The van der Waals surface area contributed by atoms with Gasteiger partial charge in [-0.15, -0.1) is 11.3 Å². The number of nitrogens with one attached hydrogen (secondary N) is 2. The van der Waals surface area contributed by atoms with E-state index in [9.17, 15) is 24.0 Å². The monoisotopic (exact) mass is 497 g/mol. The average Bonchev–Trinajstić information content (AvgIpc) is 3.15. The van der Waals surface area contributed by atoms with Crippen molar-refractivity contribution in [2.24, 2.45) is 7.05 Å². The van der Waals surface area contributed by atoms with Gasteiger partial charge in [0.15, 0.2) is 6.61 Å². The number of hydrogen-bond donors (Lipinski definition) is 2. The highest BCUT2D eigenvalue weighted by molar-refractivity contribution is 7.19. The number of esters is 2. The van der Waals surface area contributed by atoms with Gasteiger partial charge in [-0.1, -0.05) is 18.2 Å². The maximum absolute atomic E-state index is 12.8. The third-order valence-corrected chi connectivity index (χ3v) is 6.00. The van der Waals surface area contributed by atoms with Gasteiger partial charge < -0.3 is 24.7 Å². The van der Waals surface area contributed by atoms with Gasteiger partial charge >= 0.3 is 11.9 Å². The Kier molecular flexibility index (Phi) is 8.16. The second kappa shape index (κ2) is 11.3. The van der Waals surface area contributed by atoms with Crippen molar-refractivity contribution in [3.8, 4) is 0 Å². The zero-order valence-corrected chi connectivity index (χ0v) is 20.1. The van der Waals surface area contributed by atoms with Gasteiger partial charge in [0.1, 0.15) is 5.00 Å². The van der Waals surface area contributed by atoms with E-state index < -0.39 is 35.9 Å². The first kappa shape index (κ1) is 25.4. The molecule has 2 N–H and O–H groups in total. The van der Waals surface area contributed by atoms with Crippen LogP contribution in [0.25, 0.3) is 0 Å². The molecule has 182 valence electrons. The second-order valence-electron chi connectivity index (χ2n) is 7.29. The summed E-state index contributed by atoms with van der Waals surface area (Å²) in [6, 6.07) is 11.3. The predicted molar refractivity (Wildman–Crippen MR) is 130 cm³/mol. The fraction of sp³-hybridized carbons (Fsp3) is 0.208. The molecule has 10 nitrogen and oxygen atoms in total. The highest BCUT2D eigenvalue weighted by Crippen LogP contribution is 2.34. The van der Waals surface area contributed by atoms with Gasteiger partial charge in [0.05, 0.1) is 22.6 Å². The third kappa shape index (κ3) is 6.21. The van der Waals surface area contributed by atoms with Crippen LogP contribution in [-0.2, 0) is 21.3 Å². The summed E-state index contributed by atoms with van der Waals surface area (Å²) in [4.78, 5) is 61.9. The molecule has 0 atom stereocenters. The number of carbonyl (C=O) groups excluding carboxylic acids is 4. The summed E-state index contributed by atoms with van der Waals surface area (Å²) in [5.41, 5.74) is 0.546. The van der Waals surface area contributed by atoms with Crippen molar-refractivity contribution < 1.29 is 28.7 Å². The van der Waals surface area contributed by atoms with Crippen LogP contribution in [0.1, 0.15) is 42.9 Å². The number of carbonyl (C=O) groups is 4. The van der Waals surface area contributed by atoms with Crippen LogP contribution in [0.5, 0.6) is 0 Å². The molecule has 0 fully saturated rings. The Labute approximate surface area is 204 Å². The lowest BCUT2D eigenvalue weighted by Gasteiger charge is -2.08. The molecule has 2 heterocycles. The predicted octanol–water partition coefficient (Wildman–Crippen LogP) is 2.98. The first-order valence-corrected chi connectivity index (χ1v) is 11.3. The minimum absolute atomic E-state index is 0.0000463. The van der Waals surface area contributed by atoms with E-state index in [4.69, 9.17) is 9.47 Å². The molecule has 0 bridgehead atoms. The van der Waals surface area contributed by atoms with Crippen molar-refractivity contribution in [3.63, 3.8) is 0 Å². The average molecular weight is 498 g/mol. The number of ether oxygens (including phenoxy) is 2. The van der Waals surface area contributed by atoms with Crippen molar-refractivity contribution >= 4 is 45.8 Å². The Morgan fingerprint density at radius 2 is 1.71 bits per heavy atom. The maximum Gasteiger partial charge on any atom is 0.341 e. The number of aromatic nitrogens is 1. The minimum atomic E-state index is -0.853. The number of thiophene rings is 1. The summed E-state index contributed by atoms with van der Waals surface area (Å²) in [7, 11) is 1.53. The van der Waals surface area contributed by atoms with E-state index in [-0.39, 0.29) is 27.6 Å². The summed E-state index contributed by atoms with van der Waals surface area (Å²) < 4.78 is 11.3. The van der Waals surface area contributed by atoms with Gasteiger partial charge in [-0.3, -0.25) is 14.4 Å². The summed E-state index contributed by atoms with van der Waals surface area (Å²) >= 11 is 0.901. The van der Waals surface area contributed by atoms with E-state index in [1.165, 1.54) is 23.9 Å². The summed E-state index contributed by atoms with van der Waals surface area (Å²) in [6.07, 6.45) is 1.40. The fourth-order valence-corrected chi connectivity index (χ4v) is 4.14. The Hall–Kier alpha value is -4.25. The summed E-state index contributed by atoms with van der Waals surface area (Å²) in [6.45, 7) is 2.64. The van der Waals surface area contributed by atoms with Crippen LogP contribution in [0.2, 0.25) is 0 Å². The third-order valence-electron chi connectivity index (χ3n) is 4.79. The first-order chi connectivity index (χ1) is 16.7. The molecular formula is C24H23N3O7S. The number of hydrogen-bond acceptors (Lipinski definition) is 8. The number of pyridine rings is 1. The number of aryl methyl sites for hydroxylation is 1. The lowest BCUT2D eigenvalue weighted by molar-refractivity contribution is -0.119. The molecule has 2 amide bonds. The van der Waals surface area contributed by atoms with Crippen LogP contribution >= 0.6 is 11.3 Å². The van der Waals surface area contributed by atoms with E-state index >= 15 is 0 Å². The molecule has 3 aromatic rings. The fourth-order valence-electron chi connectivity index (χ4n) is 3.03. The Bertz CT molecular complexity index is 1330. The van der Waals surface area contributed by atoms with Crippen LogP contribution < -0.4 is 16.2 Å². The Morgan fingerprint density at radius 3 is 2.37 bits per heavy atom. The molecule has 3 rings (SSSR count). The van der Waals surface area contributed by atoms with E-state index in [1.807, 2.05) is 6.07 Å². The number of anilines is 2. The van der Waals surface area contributed by atoms with Crippen LogP contribution in [0.15, 0.2) is 53.5 Å². The summed E-state index contributed by atoms with van der Waals surface area (Å²) in [5.74, 6) is -2.74. The van der Waals surface area contributed by atoms with Gasteiger partial charge in [-0.2, -0.15) is 0 Å². The molecule has 0 unspecified atom stereocenters. The molecule has 0 aliphatic rings. The lowest BCUT2D eigenvalue weighted by atomic mass is 10.1. The molecule has 0 aliphatic carbocycles. The van der Waals surface area contributed by atoms with Crippen molar-refractivity contribution in [1.29, 1.82) is 0 Å². The number of rotatable bonds is 8. The van der Waals surface area contributed by atoms with Crippen LogP contribution in [-0.4, -0.2) is 41.5 Å². The molecule has 35 heavy (non-hydrogen) atoms. The van der Waals surface area contributed by atoms with Crippen molar-refractivity contribution in [2.75, 3.05) is 23.8 Å². The Morgan fingerprint density at radius 1 is 1.00 bits per heavy atom. The van der Waals surface area contributed by atoms with Crippen LogP contribution in [0.4, 0.5) is 10.7 Å². The van der Waals surface area contributed by atoms with Gasteiger partial charge in [-0.25, -0.2) is 9.59 Å². The number of nitrogens with zero attached hydrogens (tertiary/aromatic N) is 1. The van der Waals surface area contributed by atoms with Crippen LogP contribution in [0.3, 0.4) is 0 Å². The number of benzene rings is 1. The van der Waals surface area contributed by atoms with E-state index in [0.29, 0.717) is 11.3 Å². The largest absolute Gasteiger partial charge is 0.462 e. The molecule has 0 radical (unpaired) electrons. The SMILES string of the molecule is CCOC(=O)c1c(NC(=O)COC(=O)c2ccn(C)c(=O)c2)sc(C(=O)Nc2ccccc2)c1C. The zero-order valence-electron chi connectivity index (χ0n) is 19.2. The van der Waals surface area contributed by atoms with Crippen molar-refractivity contribution in [1.82, 2.24) is 4.57 Å². The molecule has 0 aliphatic heterocycles. The van der Waals surface area contributed by atoms with E-state index in [2.05, 4.69) is 10.6 Å². The molecular weight excluding hydrogens is 474 g/mol. The van der Waals surface area contributed by atoms with Gasteiger partial charge in [0.2, 0.25) is 0 Å². The van der Waals surface area contributed by atoms with Crippen molar-refractivity contribution in [2.45, 2.75) is 13.8 Å². The quantitative estimate of drug-likeness (QED) is 0.457. The molecule has 1 aromatic carbocycles. The standard InChI is InChI=1S/C24H23N3O7S/c1-4-33-24(32)19-14(2)20(21(30)25-16-8-6-5-7-9-16)35-22(19)26-17(28)13-34-23(31)15-10-11-27(3)18(29)12-15/h5-12H,4,13H2,1-3H3,(H,25,30)(H,26,28). The lowest BCUT2D eigenvalue weighted by Crippen LogP contribution is -2.23. The first-order valence-electron chi connectivity index (χ1n) is 10.5. The highest BCUT2D eigenvalue weighted by atomic mass is 32.1. The molecule has 0 saturated heterocycles. The number of para-hydroxylation sites is 1. The van der Waals surface area contributed by atoms with Gasteiger partial charge in [0.25, 0.3) is 17.4 Å². The minimum Gasteiger partial charge on any atom is -0.462 e. The van der Waals surface area contributed by atoms with E-state index in [0.717, 1.165) is 17.4 Å². The molecule has 11 heteroatoms. The van der Waals surface area contributed by atoms with Crippen LogP contribution in [0, 0.1) is 6.92 Å². The summed E-state index contributed by atoms with van der Waals surface area (Å²) in [5, 5.41) is 5.34. The topological polar surface area (TPSA) is 133 Å². The molecule has 0 saturated carbocycles. The second-order valence-corrected chi connectivity index (χ2v) is 8.31. The highest BCUT2D eigenvalue weighted by Gasteiger charge is 2.27. The Balaban J connectivity index is 1.77. The van der Waals surface area contributed by atoms with Gasteiger partial charge in [0, 0.05) is 25.0 Å². The van der Waals surface area contributed by atoms with E-state index in [1.54, 1.807) is 38.1 Å². The number of amides is 2. The zero-order chi connectivity index (χ0) is 25.5. The smallest absolute Gasteiger partial charge is 0.341 e. The van der Waals surface area contributed by atoms with Crippen molar-refractivity contribution in [3.05, 3.63) is 80.6 Å². The van der Waals surface area contributed by atoms with Gasteiger partial charge in [-0.05, 0) is 37.6 Å². The maximum atomic E-state index is 12.8.